The van der Waals surface area contributed by atoms with Gasteiger partial charge in [-0.2, -0.15) is 0 Å². The molecule has 1 saturated heterocycles. The summed E-state index contributed by atoms with van der Waals surface area (Å²) in [5.41, 5.74) is 3.95. The predicted octanol–water partition coefficient (Wildman–Crippen LogP) is 5.22. The van der Waals surface area contributed by atoms with E-state index in [4.69, 9.17) is 4.74 Å². The number of carbonyl (C=O) groups is 2. The lowest BCUT2D eigenvalue weighted by Crippen LogP contribution is -2.45. The Morgan fingerprint density at radius 1 is 0.971 bits per heavy atom. The van der Waals surface area contributed by atoms with Crippen LogP contribution in [-0.2, 0) is 22.6 Å². The summed E-state index contributed by atoms with van der Waals surface area (Å²) in [4.78, 5) is 31.8. The maximum absolute atomic E-state index is 13.7. The molecule has 2 heterocycles. The van der Waals surface area contributed by atoms with E-state index in [9.17, 15) is 9.59 Å². The van der Waals surface area contributed by atoms with Crippen LogP contribution in [0.4, 0.5) is 0 Å². The molecule has 1 atom stereocenters. The van der Waals surface area contributed by atoms with E-state index < -0.39 is 0 Å². The molecule has 0 aliphatic carbocycles. The molecule has 178 valence electrons. The fourth-order valence-electron chi connectivity index (χ4n) is 4.17. The molecule has 0 unspecified atom stereocenters. The average Bonchev–Trinajstić information content (AvgIpc) is 3.50. The van der Waals surface area contributed by atoms with Gasteiger partial charge in [0.05, 0.1) is 12.6 Å². The highest BCUT2D eigenvalue weighted by Crippen LogP contribution is 2.21. The van der Waals surface area contributed by atoms with Gasteiger partial charge >= 0.3 is 0 Å². The van der Waals surface area contributed by atoms with E-state index in [0.717, 1.165) is 24.0 Å². The van der Waals surface area contributed by atoms with Crippen molar-refractivity contribution in [3.05, 3.63) is 93.2 Å². The molecule has 1 aliphatic rings. The molecular formula is C28H32N2O3S. The van der Waals surface area contributed by atoms with Crippen LogP contribution in [0.5, 0.6) is 0 Å². The van der Waals surface area contributed by atoms with Gasteiger partial charge in [-0.05, 0) is 61.4 Å². The van der Waals surface area contributed by atoms with Gasteiger partial charge in [0.2, 0.25) is 5.91 Å². The lowest BCUT2D eigenvalue weighted by molar-refractivity contribution is -0.133. The predicted molar refractivity (Wildman–Crippen MR) is 136 cm³/mol. The molecule has 0 saturated carbocycles. The lowest BCUT2D eigenvalue weighted by Gasteiger charge is -2.29. The molecule has 3 aromatic rings. The number of benzene rings is 2. The Morgan fingerprint density at radius 3 is 2.38 bits per heavy atom. The number of hydrogen-bond acceptors (Lipinski definition) is 4. The third kappa shape index (κ3) is 6.33. The van der Waals surface area contributed by atoms with Crippen molar-refractivity contribution in [3.63, 3.8) is 0 Å². The average molecular weight is 477 g/mol. The lowest BCUT2D eigenvalue weighted by atomic mass is 10.1. The van der Waals surface area contributed by atoms with Crippen LogP contribution in [0.3, 0.4) is 0 Å². The first-order valence-electron chi connectivity index (χ1n) is 11.8. The Bertz CT molecular complexity index is 1090. The number of ether oxygens (including phenoxy) is 1. The molecular weight excluding hydrogens is 444 g/mol. The molecule has 0 N–H and O–H groups in total. The summed E-state index contributed by atoms with van der Waals surface area (Å²) in [7, 11) is 0. The molecule has 4 rings (SSSR count). The summed E-state index contributed by atoms with van der Waals surface area (Å²) in [6.45, 7) is 6.27. The third-order valence-electron chi connectivity index (χ3n) is 6.23. The van der Waals surface area contributed by atoms with E-state index in [1.165, 1.54) is 10.4 Å². The maximum Gasteiger partial charge on any atom is 0.254 e. The van der Waals surface area contributed by atoms with E-state index in [-0.39, 0.29) is 24.5 Å². The van der Waals surface area contributed by atoms with E-state index in [1.54, 1.807) is 16.2 Å². The van der Waals surface area contributed by atoms with Crippen LogP contribution in [0.15, 0.2) is 66.0 Å². The van der Waals surface area contributed by atoms with Gasteiger partial charge in [-0.3, -0.25) is 9.59 Å². The summed E-state index contributed by atoms with van der Waals surface area (Å²) in [5.74, 6) is -0.189. The molecule has 1 aromatic heterocycles. The number of thiophene rings is 1. The monoisotopic (exact) mass is 476 g/mol. The number of rotatable bonds is 9. The Morgan fingerprint density at radius 2 is 1.74 bits per heavy atom. The number of hydrogen-bond donors (Lipinski definition) is 0. The van der Waals surface area contributed by atoms with Crippen molar-refractivity contribution >= 4 is 23.2 Å². The zero-order valence-electron chi connectivity index (χ0n) is 19.9. The molecule has 5 nitrogen and oxygen atoms in total. The van der Waals surface area contributed by atoms with Crippen molar-refractivity contribution in [2.75, 3.05) is 19.7 Å². The number of amides is 2. The van der Waals surface area contributed by atoms with Crippen LogP contribution in [0.2, 0.25) is 0 Å². The highest BCUT2D eigenvalue weighted by atomic mass is 32.1. The SMILES string of the molecule is Cc1ccc(C(=O)N(CC(=O)N(Cc2ccccc2)Cc2sccc2C)C[C@H]2CCCO2)cc1. The molecule has 0 bridgehead atoms. The van der Waals surface area contributed by atoms with Crippen LogP contribution in [0.1, 0.15) is 44.8 Å². The van der Waals surface area contributed by atoms with Gasteiger partial charge in [-0.25, -0.2) is 0 Å². The van der Waals surface area contributed by atoms with Crippen molar-refractivity contribution in [1.82, 2.24) is 9.80 Å². The maximum atomic E-state index is 13.7. The van der Waals surface area contributed by atoms with Crippen molar-refractivity contribution in [2.24, 2.45) is 0 Å². The quantitative estimate of drug-likeness (QED) is 0.426. The largest absolute Gasteiger partial charge is 0.376 e. The smallest absolute Gasteiger partial charge is 0.254 e. The fraction of sp³-hybridized carbons (Fsp3) is 0.357. The van der Waals surface area contributed by atoms with Gasteiger partial charge in [-0.1, -0.05) is 48.0 Å². The minimum Gasteiger partial charge on any atom is -0.376 e. The molecule has 34 heavy (non-hydrogen) atoms. The summed E-state index contributed by atoms with van der Waals surface area (Å²) < 4.78 is 5.81. The fourth-order valence-corrected chi connectivity index (χ4v) is 5.09. The van der Waals surface area contributed by atoms with Crippen LogP contribution < -0.4 is 0 Å². The minimum absolute atomic E-state index is 0.0238. The van der Waals surface area contributed by atoms with E-state index in [1.807, 2.05) is 66.4 Å². The molecule has 1 aliphatic heterocycles. The number of nitrogens with zero attached hydrogens (tertiary/aromatic N) is 2. The summed E-state index contributed by atoms with van der Waals surface area (Å²) in [5, 5.41) is 2.06. The molecule has 0 spiro atoms. The van der Waals surface area contributed by atoms with Crippen LogP contribution in [0, 0.1) is 13.8 Å². The first-order chi connectivity index (χ1) is 16.5. The second-order valence-corrected chi connectivity index (χ2v) is 9.95. The number of aryl methyl sites for hydroxylation is 2. The minimum atomic E-state index is -0.129. The van der Waals surface area contributed by atoms with Crippen LogP contribution >= 0.6 is 11.3 Å². The van der Waals surface area contributed by atoms with Gasteiger partial charge in [0.1, 0.15) is 6.54 Å². The van der Waals surface area contributed by atoms with Crippen molar-refractivity contribution in [2.45, 2.75) is 45.9 Å². The molecule has 1 fully saturated rings. The van der Waals surface area contributed by atoms with E-state index in [2.05, 4.69) is 18.4 Å². The second kappa shape index (κ2) is 11.4. The van der Waals surface area contributed by atoms with E-state index in [0.29, 0.717) is 31.8 Å². The van der Waals surface area contributed by atoms with Crippen molar-refractivity contribution in [1.29, 1.82) is 0 Å². The van der Waals surface area contributed by atoms with Crippen LogP contribution in [0.25, 0.3) is 0 Å². The van der Waals surface area contributed by atoms with Crippen molar-refractivity contribution in [3.8, 4) is 0 Å². The Kier molecular flexibility index (Phi) is 8.14. The molecule has 6 heteroatoms. The zero-order valence-corrected chi connectivity index (χ0v) is 20.7. The van der Waals surface area contributed by atoms with E-state index >= 15 is 0 Å². The third-order valence-corrected chi connectivity index (χ3v) is 7.24. The standard InChI is InChI=1S/C28H32N2O3S/c1-21-10-12-24(13-11-21)28(32)30(18-25-9-6-15-33-25)20-27(31)29(17-23-7-4-3-5-8-23)19-26-22(2)14-16-34-26/h3-5,7-8,10-14,16,25H,6,9,15,17-20H2,1-2H3/t25-/m1/s1. The summed E-state index contributed by atoms with van der Waals surface area (Å²) >= 11 is 1.66. The zero-order chi connectivity index (χ0) is 23.9. The van der Waals surface area contributed by atoms with Gasteiger partial charge in [0.25, 0.3) is 5.91 Å². The summed E-state index contributed by atoms with van der Waals surface area (Å²) in [6, 6.07) is 19.6. The molecule has 2 amide bonds. The highest BCUT2D eigenvalue weighted by molar-refractivity contribution is 7.10. The Hall–Kier alpha value is -2.96. The number of carbonyl (C=O) groups excluding carboxylic acids is 2. The Labute approximate surface area is 206 Å². The first-order valence-corrected chi connectivity index (χ1v) is 12.7. The highest BCUT2D eigenvalue weighted by Gasteiger charge is 2.27. The Balaban J connectivity index is 1.55. The second-order valence-electron chi connectivity index (χ2n) is 8.95. The normalized spacial score (nSPS) is 15.3. The van der Waals surface area contributed by atoms with Gasteiger partial charge < -0.3 is 14.5 Å². The van der Waals surface area contributed by atoms with Gasteiger partial charge in [-0.15, -0.1) is 11.3 Å². The van der Waals surface area contributed by atoms with Crippen LogP contribution in [-0.4, -0.2) is 47.4 Å². The molecule has 0 radical (unpaired) electrons. The summed E-state index contributed by atoms with van der Waals surface area (Å²) in [6.07, 6.45) is 1.88. The first kappa shape index (κ1) is 24.2. The molecule has 2 aromatic carbocycles. The topological polar surface area (TPSA) is 49.9 Å². The van der Waals surface area contributed by atoms with Crippen molar-refractivity contribution < 1.29 is 14.3 Å². The van der Waals surface area contributed by atoms with Gasteiger partial charge in [0, 0.05) is 30.1 Å². The van der Waals surface area contributed by atoms with Gasteiger partial charge in [0.15, 0.2) is 0 Å².